The predicted octanol–water partition coefficient (Wildman–Crippen LogP) is 4.15. The van der Waals surface area contributed by atoms with E-state index in [1.807, 2.05) is 0 Å². The fourth-order valence-corrected chi connectivity index (χ4v) is 6.93. The number of carbonyl (C=O) groups is 1. The summed E-state index contributed by atoms with van der Waals surface area (Å²) in [5.41, 5.74) is 7.00. The Kier molecular flexibility index (Phi) is 4.49. The monoisotopic (exact) mass is 444 g/mol. The van der Waals surface area contributed by atoms with Gasteiger partial charge in [0.05, 0.1) is 4.90 Å². The fraction of sp³-hybridized carbons (Fsp3) is 0.269. The van der Waals surface area contributed by atoms with Crippen LogP contribution in [-0.4, -0.2) is 20.9 Å². The highest BCUT2D eigenvalue weighted by molar-refractivity contribution is 7.89. The largest absolute Gasteiger partial charge is 0.326 e. The van der Waals surface area contributed by atoms with Gasteiger partial charge in [0.2, 0.25) is 15.9 Å². The van der Waals surface area contributed by atoms with E-state index in [2.05, 4.69) is 58.6 Å². The van der Waals surface area contributed by atoms with Gasteiger partial charge in [0.15, 0.2) is 0 Å². The van der Waals surface area contributed by atoms with E-state index >= 15 is 0 Å². The molecule has 6 heteroatoms. The van der Waals surface area contributed by atoms with Crippen molar-refractivity contribution in [2.75, 3.05) is 11.9 Å². The number of hydrogen-bond acceptors (Lipinski definition) is 3. The summed E-state index contributed by atoms with van der Waals surface area (Å²) in [6, 6.07) is 22.1. The number of fused-ring (bicyclic) bond motifs is 2. The molecule has 1 heterocycles. The van der Waals surface area contributed by atoms with Gasteiger partial charge < -0.3 is 5.32 Å². The van der Waals surface area contributed by atoms with Crippen LogP contribution in [0.4, 0.5) is 5.69 Å². The lowest BCUT2D eigenvalue weighted by Gasteiger charge is -2.45. The van der Waals surface area contributed by atoms with E-state index in [1.165, 1.54) is 22.3 Å². The molecule has 3 aromatic carbocycles. The minimum Gasteiger partial charge on any atom is -0.326 e. The third-order valence-corrected chi connectivity index (χ3v) is 8.66. The molecule has 1 amide bonds. The number of benzene rings is 3. The Balaban J connectivity index is 1.28. The summed E-state index contributed by atoms with van der Waals surface area (Å²) in [4.78, 5) is 11.8. The third kappa shape index (κ3) is 3.09. The van der Waals surface area contributed by atoms with Crippen molar-refractivity contribution in [2.45, 2.75) is 36.0 Å². The van der Waals surface area contributed by atoms with Gasteiger partial charge in [0.25, 0.3) is 0 Å². The van der Waals surface area contributed by atoms with E-state index in [1.54, 1.807) is 18.2 Å². The molecule has 0 radical (unpaired) electrons. The second-order valence-electron chi connectivity index (χ2n) is 9.00. The van der Waals surface area contributed by atoms with Crippen LogP contribution in [-0.2, 0) is 21.2 Å². The van der Waals surface area contributed by atoms with Crippen molar-refractivity contribution in [3.05, 3.63) is 94.5 Å². The molecule has 0 aromatic heterocycles. The summed E-state index contributed by atoms with van der Waals surface area (Å²) in [7, 11) is -3.64. The van der Waals surface area contributed by atoms with Crippen LogP contribution in [0.1, 0.15) is 52.5 Å². The van der Waals surface area contributed by atoms with Crippen molar-refractivity contribution in [2.24, 2.45) is 5.92 Å². The van der Waals surface area contributed by atoms with Crippen molar-refractivity contribution < 1.29 is 13.2 Å². The Labute approximate surface area is 187 Å². The number of anilines is 1. The maximum atomic E-state index is 13.1. The van der Waals surface area contributed by atoms with Gasteiger partial charge >= 0.3 is 0 Å². The van der Waals surface area contributed by atoms with Crippen LogP contribution in [0.5, 0.6) is 0 Å². The van der Waals surface area contributed by atoms with Crippen LogP contribution < -0.4 is 10.0 Å². The SMILES string of the molecule is O=C1CCc2cc(S(=O)(=O)NCC3CC4c5ccccc5C3c3ccccc34)ccc2N1. The molecule has 3 aliphatic carbocycles. The minimum absolute atomic E-state index is 0.0286. The molecule has 2 bridgehead atoms. The summed E-state index contributed by atoms with van der Waals surface area (Å²) in [6.45, 7) is 0.403. The molecule has 1 atom stereocenters. The standard InChI is InChI=1S/C26H24N2O3S/c29-25-12-9-16-13-18(10-11-24(16)28-25)32(30,31)27-15-17-14-23-19-5-1-3-7-21(19)26(17)22-8-4-2-6-20(22)23/h1-8,10-11,13,17,23,26-27H,9,12,14-15H2,(H,28,29). The number of amides is 1. The fourth-order valence-electron chi connectivity index (χ4n) is 5.79. The molecule has 0 saturated heterocycles. The molecule has 32 heavy (non-hydrogen) atoms. The quantitative estimate of drug-likeness (QED) is 0.635. The number of nitrogens with one attached hydrogen (secondary N) is 2. The molecule has 3 aromatic rings. The van der Waals surface area contributed by atoms with Gasteiger partial charge in [-0.25, -0.2) is 13.1 Å². The summed E-state index contributed by atoms with van der Waals surface area (Å²) in [6.07, 6.45) is 1.88. The molecule has 1 aliphatic heterocycles. The van der Waals surface area contributed by atoms with Crippen molar-refractivity contribution in [1.82, 2.24) is 4.72 Å². The average molecular weight is 445 g/mol. The van der Waals surface area contributed by atoms with Gasteiger partial charge in [-0.1, -0.05) is 48.5 Å². The molecule has 0 spiro atoms. The highest BCUT2D eigenvalue weighted by Crippen LogP contribution is 2.55. The van der Waals surface area contributed by atoms with Crippen LogP contribution in [0.25, 0.3) is 0 Å². The second kappa shape index (κ2) is 7.29. The Hall–Kier alpha value is -2.96. The number of sulfonamides is 1. The van der Waals surface area contributed by atoms with Crippen molar-refractivity contribution >= 4 is 21.6 Å². The maximum absolute atomic E-state index is 13.1. The van der Waals surface area contributed by atoms with E-state index in [4.69, 9.17) is 0 Å². The summed E-state index contributed by atoms with van der Waals surface area (Å²) in [5, 5.41) is 2.81. The lowest BCUT2D eigenvalue weighted by atomic mass is 9.59. The van der Waals surface area contributed by atoms with E-state index in [-0.39, 0.29) is 22.6 Å². The van der Waals surface area contributed by atoms with Crippen LogP contribution in [0.3, 0.4) is 0 Å². The van der Waals surface area contributed by atoms with Crippen LogP contribution in [0, 0.1) is 5.92 Å². The Morgan fingerprint density at radius 3 is 2.22 bits per heavy atom. The van der Waals surface area contributed by atoms with Gasteiger partial charge in [-0.3, -0.25) is 4.79 Å². The third-order valence-electron chi connectivity index (χ3n) is 7.24. The Morgan fingerprint density at radius 2 is 1.53 bits per heavy atom. The molecule has 1 unspecified atom stereocenters. The van der Waals surface area contributed by atoms with Crippen molar-refractivity contribution in [3.63, 3.8) is 0 Å². The zero-order valence-electron chi connectivity index (χ0n) is 17.5. The molecule has 0 fully saturated rings. The Bertz CT molecular complexity index is 1300. The zero-order valence-corrected chi connectivity index (χ0v) is 18.4. The zero-order chi connectivity index (χ0) is 21.9. The predicted molar refractivity (Wildman–Crippen MR) is 123 cm³/mol. The first-order valence-corrected chi connectivity index (χ1v) is 12.6. The molecule has 5 nitrogen and oxygen atoms in total. The van der Waals surface area contributed by atoms with Gasteiger partial charge in [-0.05, 0) is 64.8 Å². The number of rotatable bonds is 4. The second-order valence-corrected chi connectivity index (χ2v) is 10.8. The number of hydrogen-bond donors (Lipinski definition) is 2. The number of aryl methyl sites for hydroxylation is 1. The van der Waals surface area contributed by atoms with Crippen molar-refractivity contribution in [1.29, 1.82) is 0 Å². The summed E-state index contributed by atoms with van der Waals surface area (Å²) >= 11 is 0. The highest BCUT2D eigenvalue weighted by atomic mass is 32.2. The average Bonchev–Trinajstić information content (AvgIpc) is 2.82. The Morgan fingerprint density at radius 1 is 0.875 bits per heavy atom. The number of carbonyl (C=O) groups excluding carboxylic acids is 1. The highest BCUT2D eigenvalue weighted by Gasteiger charge is 2.43. The maximum Gasteiger partial charge on any atom is 0.240 e. The molecule has 162 valence electrons. The molecule has 4 aliphatic rings. The first kappa shape index (κ1) is 19.7. The van der Waals surface area contributed by atoms with E-state index in [0.29, 0.717) is 31.0 Å². The minimum atomic E-state index is -3.64. The van der Waals surface area contributed by atoms with E-state index in [0.717, 1.165) is 12.0 Å². The molecular weight excluding hydrogens is 420 g/mol. The molecule has 2 N–H and O–H groups in total. The first-order chi connectivity index (χ1) is 15.5. The van der Waals surface area contributed by atoms with E-state index in [9.17, 15) is 13.2 Å². The van der Waals surface area contributed by atoms with Crippen LogP contribution >= 0.6 is 0 Å². The topological polar surface area (TPSA) is 75.3 Å². The normalized spacial score (nSPS) is 23.1. The lowest BCUT2D eigenvalue weighted by molar-refractivity contribution is -0.116. The van der Waals surface area contributed by atoms with Gasteiger partial charge in [-0.2, -0.15) is 0 Å². The molecule has 7 rings (SSSR count). The first-order valence-electron chi connectivity index (χ1n) is 11.1. The summed E-state index contributed by atoms with van der Waals surface area (Å²) < 4.78 is 29.1. The van der Waals surface area contributed by atoms with E-state index < -0.39 is 10.0 Å². The van der Waals surface area contributed by atoms with Crippen molar-refractivity contribution in [3.8, 4) is 0 Å². The lowest BCUT2D eigenvalue weighted by Crippen LogP contribution is -2.39. The van der Waals surface area contributed by atoms with Crippen LogP contribution in [0.15, 0.2) is 71.6 Å². The van der Waals surface area contributed by atoms with Gasteiger partial charge in [0, 0.05) is 30.5 Å². The van der Waals surface area contributed by atoms with Crippen LogP contribution in [0.2, 0.25) is 0 Å². The summed E-state index contributed by atoms with van der Waals surface area (Å²) in [5.74, 6) is 0.693. The molecular formula is C26H24N2O3S. The smallest absolute Gasteiger partial charge is 0.240 e. The van der Waals surface area contributed by atoms with Gasteiger partial charge in [0.1, 0.15) is 0 Å². The molecule has 0 saturated carbocycles. The van der Waals surface area contributed by atoms with Gasteiger partial charge in [-0.15, -0.1) is 0 Å².